The first-order chi connectivity index (χ1) is 13.3. The lowest BCUT2D eigenvalue weighted by atomic mass is 10.2. The fourth-order valence-corrected chi connectivity index (χ4v) is 4.69. The highest BCUT2D eigenvalue weighted by molar-refractivity contribution is 7.89. The number of amides is 1. The van der Waals surface area contributed by atoms with E-state index in [-0.39, 0.29) is 17.4 Å². The maximum absolute atomic E-state index is 12.5. The van der Waals surface area contributed by atoms with E-state index in [0.29, 0.717) is 27.6 Å². The van der Waals surface area contributed by atoms with Gasteiger partial charge in [-0.2, -0.15) is 0 Å². The van der Waals surface area contributed by atoms with Gasteiger partial charge in [0.05, 0.1) is 15.1 Å². The third-order valence-corrected chi connectivity index (χ3v) is 7.07. The van der Waals surface area contributed by atoms with Crippen molar-refractivity contribution >= 4 is 42.6 Å². The monoisotopic (exact) mass is 419 g/mol. The average molecular weight is 420 g/mol. The third-order valence-electron chi connectivity index (χ3n) is 4.21. The van der Waals surface area contributed by atoms with Crippen molar-refractivity contribution in [3.05, 3.63) is 48.0 Å². The molecule has 0 unspecified atom stereocenters. The predicted molar refractivity (Wildman–Crippen MR) is 110 cm³/mol. The van der Waals surface area contributed by atoms with Gasteiger partial charge in [-0.1, -0.05) is 36.5 Å². The lowest BCUT2D eigenvalue weighted by Crippen LogP contribution is -2.26. The highest BCUT2D eigenvalue weighted by Gasteiger charge is 2.20. The molecular weight excluding hydrogens is 398 g/mol. The first kappa shape index (κ1) is 20.2. The van der Waals surface area contributed by atoms with Gasteiger partial charge in [0.15, 0.2) is 11.7 Å². The molecule has 1 heterocycles. The zero-order valence-corrected chi connectivity index (χ0v) is 17.4. The number of nitrogens with one attached hydrogen (secondary N) is 1. The Balaban J connectivity index is 1.72. The number of rotatable bonds is 7. The summed E-state index contributed by atoms with van der Waals surface area (Å²) in [5.74, 6) is 0.317. The van der Waals surface area contributed by atoms with Gasteiger partial charge in [0.2, 0.25) is 10.0 Å². The molecule has 0 aliphatic carbocycles. The van der Waals surface area contributed by atoms with E-state index in [2.05, 4.69) is 10.3 Å². The Morgan fingerprint density at radius 2 is 2.00 bits per heavy atom. The number of aryl methyl sites for hydroxylation is 1. The van der Waals surface area contributed by atoms with E-state index in [1.165, 1.54) is 28.8 Å². The van der Waals surface area contributed by atoms with Gasteiger partial charge in [0.25, 0.3) is 5.91 Å². The minimum Gasteiger partial charge on any atom is -0.483 e. The van der Waals surface area contributed by atoms with Crippen molar-refractivity contribution in [2.75, 3.05) is 25.5 Å². The number of fused-ring (bicyclic) bond motifs is 1. The van der Waals surface area contributed by atoms with Crippen LogP contribution >= 0.6 is 11.3 Å². The van der Waals surface area contributed by atoms with Crippen LogP contribution in [0.3, 0.4) is 0 Å². The molecule has 0 aliphatic rings. The molecule has 0 fully saturated rings. The lowest BCUT2D eigenvalue weighted by Gasteiger charge is -2.14. The van der Waals surface area contributed by atoms with Crippen LogP contribution in [0.15, 0.2) is 47.4 Å². The van der Waals surface area contributed by atoms with Crippen molar-refractivity contribution < 1.29 is 17.9 Å². The summed E-state index contributed by atoms with van der Waals surface area (Å²) in [7, 11) is -2.00. The normalized spacial score (nSPS) is 11.7. The second kappa shape index (κ2) is 8.26. The molecule has 0 bridgehead atoms. The van der Waals surface area contributed by atoms with Crippen LogP contribution < -0.4 is 10.1 Å². The Hall–Kier alpha value is -2.49. The predicted octanol–water partition coefficient (Wildman–Crippen LogP) is 3.26. The van der Waals surface area contributed by atoms with Crippen LogP contribution in [-0.2, 0) is 14.8 Å². The molecule has 0 saturated heterocycles. The number of carbonyl (C=O) groups is 1. The Morgan fingerprint density at radius 1 is 1.25 bits per heavy atom. The molecule has 148 valence electrons. The van der Waals surface area contributed by atoms with Gasteiger partial charge in [-0.15, -0.1) is 0 Å². The minimum atomic E-state index is -3.53. The minimum absolute atomic E-state index is 0.137. The maximum atomic E-state index is 12.5. The molecule has 0 aliphatic heterocycles. The molecule has 28 heavy (non-hydrogen) atoms. The van der Waals surface area contributed by atoms with Gasteiger partial charge < -0.3 is 4.74 Å². The van der Waals surface area contributed by atoms with Crippen molar-refractivity contribution in [2.45, 2.75) is 18.7 Å². The number of aromatic nitrogens is 1. The summed E-state index contributed by atoms with van der Waals surface area (Å²) >= 11 is 1.22. The average Bonchev–Trinajstić information content (AvgIpc) is 3.07. The van der Waals surface area contributed by atoms with Gasteiger partial charge in [-0.25, -0.2) is 17.7 Å². The quantitative estimate of drug-likeness (QED) is 0.635. The summed E-state index contributed by atoms with van der Waals surface area (Å²) in [5.41, 5.74) is 1.57. The van der Waals surface area contributed by atoms with E-state index in [0.717, 1.165) is 5.56 Å². The number of sulfonamides is 1. The lowest BCUT2D eigenvalue weighted by molar-refractivity contribution is -0.118. The Morgan fingerprint density at radius 3 is 2.71 bits per heavy atom. The second-order valence-corrected chi connectivity index (χ2v) is 9.25. The number of nitrogens with zero attached hydrogens (tertiary/aromatic N) is 2. The fourth-order valence-electron chi connectivity index (χ4n) is 2.49. The van der Waals surface area contributed by atoms with Crippen LogP contribution in [0.2, 0.25) is 0 Å². The number of anilines is 1. The first-order valence-corrected chi connectivity index (χ1v) is 10.9. The molecule has 3 aromatic rings. The number of hydrogen-bond acceptors (Lipinski definition) is 6. The number of para-hydroxylation sites is 1. The van der Waals surface area contributed by atoms with Gasteiger partial charge in [-0.3, -0.25) is 10.1 Å². The highest BCUT2D eigenvalue weighted by Crippen LogP contribution is 2.29. The van der Waals surface area contributed by atoms with Crippen LogP contribution in [0.1, 0.15) is 12.5 Å². The third kappa shape index (κ3) is 4.32. The largest absolute Gasteiger partial charge is 0.483 e. The summed E-state index contributed by atoms with van der Waals surface area (Å²) in [6.45, 7) is 3.92. The van der Waals surface area contributed by atoms with Crippen molar-refractivity contribution in [2.24, 2.45) is 0 Å². The smallest absolute Gasteiger partial charge is 0.264 e. The van der Waals surface area contributed by atoms with E-state index in [9.17, 15) is 13.2 Å². The number of carbonyl (C=O) groups excluding carboxylic acids is 1. The molecule has 3 rings (SSSR count). The van der Waals surface area contributed by atoms with Gasteiger partial charge in [0, 0.05) is 13.6 Å². The highest BCUT2D eigenvalue weighted by atomic mass is 32.2. The molecule has 1 amide bonds. The Kier molecular flexibility index (Phi) is 5.97. The van der Waals surface area contributed by atoms with Gasteiger partial charge >= 0.3 is 0 Å². The molecule has 2 aromatic carbocycles. The molecule has 1 aromatic heterocycles. The SMILES string of the molecule is CCN(C)S(=O)(=O)c1ccc2nc(NC(=O)COc3ccccc3C)sc2c1. The fraction of sp³-hybridized carbons (Fsp3) is 0.263. The maximum Gasteiger partial charge on any atom is 0.264 e. The number of hydrogen-bond donors (Lipinski definition) is 1. The van der Waals surface area contributed by atoms with Crippen molar-refractivity contribution in [3.8, 4) is 5.75 Å². The van der Waals surface area contributed by atoms with Crippen LogP contribution in [0.25, 0.3) is 10.2 Å². The number of thiazole rings is 1. The number of benzene rings is 2. The van der Waals surface area contributed by atoms with Crippen molar-refractivity contribution in [1.82, 2.24) is 9.29 Å². The van der Waals surface area contributed by atoms with Crippen LogP contribution in [0.4, 0.5) is 5.13 Å². The Bertz CT molecular complexity index is 1110. The molecule has 9 heteroatoms. The van der Waals surface area contributed by atoms with Crippen LogP contribution in [0, 0.1) is 6.92 Å². The molecule has 0 spiro atoms. The van der Waals surface area contributed by atoms with Crippen molar-refractivity contribution in [1.29, 1.82) is 0 Å². The van der Waals surface area contributed by atoms with E-state index in [4.69, 9.17) is 4.74 Å². The summed E-state index contributed by atoms with van der Waals surface area (Å²) in [6, 6.07) is 12.2. The Labute approximate surface area is 168 Å². The zero-order chi connectivity index (χ0) is 20.3. The molecular formula is C19H21N3O4S2. The topological polar surface area (TPSA) is 88.6 Å². The van der Waals surface area contributed by atoms with E-state index < -0.39 is 10.0 Å². The molecule has 0 radical (unpaired) electrons. The van der Waals surface area contributed by atoms with Crippen LogP contribution in [0.5, 0.6) is 5.75 Å². The van der Waals surface area contributed by atoms with E-state index in [1.807, 2.05) is 25.1 Å². The van der Waals surface area contributed by atoms with E-state index >= 15 is 0 Å². The zero-order valence-electron chi connectivity index (χ0n) is 15.8. The summed E-state index contributed by atoms with van der Waals surface area (Å²) < 4.78 is 32.4. The first-order valence-electron chi connectivity index (χ1n) is 8.66. The van der Waals surface area contributed by atoms with Gasteiger partial charge in [0.1, 0.15) is 5.75 Å². The molecule has 0 atom stereocenters. The molecule has 7 nitrogen and oxygen atoms in total. The molecule has 0 saturated carbocycles. The van der Waals surface area contributed by atoms with Gasteiger partial charge in [-0.05, 0) is 36.8 Å². The number of ether oxygens (including phenoxy) is 1. The standard InChI is InChI=1S/C19H21N3O4S2/c1-4-22(3)28(24,25)14-9-10-15-17(11-14)27-19(20-15)21-18(23)12-26-16-8-6-5-7-13(16)2/h5-11H,4,12H2,1-3H3,(H,20,21,23). The summed E-state index contributed by atoms with van der Waals surface area (Å²) in [4.78, 5) is 16.7. The van der Waals surface area contributed by atoms with Crippen molar-refractivity contribution in [3.63, 3.8) is 0 Å². The molecule has 1 N–H and O–H groups in total. The second-order valence-electron chi connectivity index (χ2n) is 6.17. The van der Waals surface area contributed by atoms with E-state index in [1.54, 1.807) is 25.1 Å². The van der Waals surface area contributed by atoms with Crippen LogP contribution in [-0.4, -0.2) is 43.8 Å². The summed E-state index contributed by atoms with van der Waals surface area (Å²) in [5, 5.41) is 3.09. The summed E-state index contributed by atoms with van der Waals surface area (Å²) in [6.07, 6.45) is 0.